The Labute approximate surface area is 106 Å². The maximum atomic E-state index is 11.3. The number of hydrogen-bond donors (Lipinski definition) is 2. The van der Waals surface area contributed by atoms with E-state index in [2.05, 4.69) is 19.2 Å². The number of carbonyl (C=O) groups is 1. The molecule has 2 N–H and O–H groups in total. The molecule has 0 fully saturated rings. The first-order valence-corrected chi connectivity index (χ1v) is 7.04. The Balaban J connectivity index is 4.32. The average Bonchev–Trinajstić information content (AvgIpc) is 2.34. The molecule has 0 spiro atoms. The minimum absolute atomic E-state index is 0.603. The van der Waals surface area contributed by atoms with Crippen molar-refractivity contribution in [2.75, 3.05) is 6.54 Å². The van der Waals surface area contributed by atoms with E-state index in [1.54, 1.807) is 0 Å². The summed E-state index contributed by atoms with van der Waals surface area (Å²) in [6, 6.07) is 0. The minimum Gasteiger partial charge on any atom is -0.480 e. The van der Waals surface area contributed by atoms with E-state index in [1.807, 2.05) is 13.8 Å². The van der Waals surface area contributed by atoms with Crippen molar-refractivity contribution in [2.45, 2.75) is 71.8 Å². The largest absolute Gasteiger partial charge is 0.480 e. The lowest BCUT2D eigenvalue weighted by Gasteiger charge is -2.30. The summed E-state index contributed by atoms with van der Waals surface area (Å²) in [5, 5.41) is 12.6. The van der Waals surface area contributed by atoms with Crippen molar-refractivity contribution in [3.8, 4) is 0 Å². The monoisotopic (exact) mass is 243 g/mol. The van der Waals surface area contributed by atoms with Gasteiger partial charge in [0, 0.05) is 0 Å². The van der Waals surface area contributed by atoms with Crippen molar-refractivity contribution in [3.63, 3.8) is 0 Å². The predicted molar refractivity (Wildman–Crippen MR) is 72.3 cm³/mol. The van der Waals surface area contributed by atoms with E-state index in [9.17, 15) is 9.90 Å². The van der Waals surface area contributed by atoms with Gasteiger partial charge in [-0.3, -0.25) is 4.79 Å². The van der Waals surface area contributed by atoms with Crippen molar-refractivity contribution < 1.29 is 9.90 Å². The Bertz CT molecular complexity index is 212. The lowest BCUT2D eigenvalue weighted by atomic mass is 9.91. The third kappa shape index (κ3) is 5.07. The molecule has 102 valence electrons. The Kier molecular flexibility index (Phi) is 8.23. The van der Waals surface area contributed by atoms with Crippen LogP contribution in [0.3, 0.4) is 0 Å². The summed E-state index contributed by atoms with van der Waals surface area (Å²) < 4.78 is 0. The van der Waals surface area contributed by atoms with Crippen LogP contribution in [0.1, 0.15) is 66.2 Å². The lowest BCUT2D eigenvalue weighted by Crippen LogP contribution is -2.52. The van der Waals surface area contributed by atoms with Gasteiger partial charge in [0.15, 0.2) is 0 Å². The van der Waals surface area contributed by atoms with E-state index in [1.165, 1.54) is 19.3 Å². The molecule has 0 heterocycles. The first-order valence-electron chi connectivity index (χ1n) is 7.04. The minimum atomic E-state index is -0.723. The fourth-order valence-corrected chi connectivity index (χ4v) is 2.16. The second-order valence-corrected chi connectivity index (χ2v) is 4.89. The third-order valence-electron chi connectivity index (χ3n) is 3.89. The number of carboxylic acids is 1. The summed E-state index contributed by atoms with van der Waals surface area (Å²) in [6.45, 7) is 9.09. The highest BCUT2D eigenvalue weighted by Gasteiger charge is 2.34. The molecule has 0 bridgehead atoms. The number of aliphatic carboxylic acids is 1. The summed E-state index contributed by atoms with van der Waals surface area (Å²) >= 11 is 0. The van der Waals surface area contributed by atoms with Crippen molar-refractivity contribution in [3.05, 3.63) is 0 Å². The molecule has 1 atom stereocenters. The van der Waals surface area contributed by atoms with Gasteiger partial charge in [-0.05, 0) is 31.7 Å². The van der Waals surface area contributed by atoms with Crippen LogP contribution in [-0.2, 0) is 4.79 Å². The average molecular weight is 243 g/mol. The second kappa shape index (κ2) is 8.51. The van der Waals surface area contributed by atoms with E-state index in [0.29, 0.717) is 18.8 Å². The van der Waals surface area contributed by atoms with Crippen molar-refractivity contribution >= 4 is 5.97 Å². The first-order chi connectivity index (χ1) is 8.06. The standard InChI is InChI=1S/C14H29NO2/c1-5-9-10-12(6-2)11-15-14(7-3,8-4)13(16)17/h12,15H,5-11H2,1-4H3,(H,16,17). The van der Waals surface area contributed by atoms with Gasteiger partial charge in [-0.2, -0.15) is 0 Å². The number of carboxylic acid groups (broad SMARTS) is 1. The van der Waals surface area contributed by atoms with Gasteiger partial charge in [0.25, 0.3) is 0 Å². The van der Waals surface area contributed by atoms with Gasteiger partial charge in [0.05, 0.1) is 0 Å². The van der Waals surface area contributed by atoms with Crippen LogP contribution in [0, 0.1) is 5.92 Å². The molecule has 3 nitrogen and oxygen atoms in total. The fraction of sp³-hybridized carbons (Fsp3) is 0.929. The van der Waals surface area contributed by atoms with Gasteiger partial charge in [0.1, 0.15) is 5.54 Å². The quantitative estimate of drug-likeness (QED) is 0.618. The molecule has 0 rings (SSSR count). The molecule has 17 heavy (non-hydrogen) atoms. The summed E-state index contributed by atoms with van der Waals surface area (Å²) in [4.78, 5) is 11.3. The summed E-state index contributed by atoms with van der Waals surface area (Å²) in [7, 11) is 0. The number of hydrogen-bond acceptors (Lipinski definition) is 2. The number of rotatable bonds is 10. The SMILES string of the molecule is CCCCC(CC)CNC(CC)(CC)C(=O)O. The van der Waals surface area contributed by atoms with Gasteiger partial charge >= 0.3 is 5.97 Å². The third-order valence-corrected chi connectivity index (χ3v) is 3.89. The normalized spacial score (nSPS) is 13.6. The van der Waals surface area contributed by atoms with E-state index < -0.39 is 11.5 Å². The van der Waals surface area contributed by atoms with Crippen LogP contribution in [0.5, 0.6) is 0 Å². The zero-order valence-electron chi connectivity index (χ0n) is 11.9. The molecule has 1 unspecified atom stereocenters. The van der Waals surface area contributed by atoms with E-state index >= 15 is 0 Å². The predicted octanol–water partition coefficient (Wildman–Crippen LogP) is 3.44. The van der Waals surface area contributed by atoms with Crippen LogP contribution in [0.4, 0.5) is 0 Å². The van der Waals surface area contributed by atoms with Crippen LogP contribution in [0.25, 0.3) is 0 Å². The lowest BCUT2D eigenvalue weighted by molar-refractivity contribution is -0.145. The zero-order chi connectivity index (χ0) is 13.3. The smallest absolute Gasteiger partial charge is 0.323 e. The Morgan fingerprint density at radius 2 is 1.82 bits per heavy atom. The molecule has 3 heteroatoms. The van der Waals surface area contributed by atoms with Crippen LogP contribution in [0.2, 0.25) is 0 Å². The van der Waals surface area contributed by atoms with E-state index in [4.69, 9.17) is 0 Å². The van der Waals surface area contributed by atoms with Crippen molar-refractivity contribution in [1.82, 2.24) is 5.32 Å². The highest BCUT2D eigenvalue weighted by Crippen LogP contribution is 2.18. The topological polar surface area (TPSA) is 49.3 Å². The molecule has 0 amide bonds. The molecule has 0 aliphatic carbocycles. The Morgan fingerprint density at radius 3 is 2.18 bits per heavy atom. The first kappa shape index (κ1) is 16.4. The van der Waals surface area contributed by atoms with E-state index in [0.717, 1.165) is 13.0 Å². The maximum Gasteiger partial charge on any atom is 0.323 e. The fourth-order valence-electron chi connectivity index (χ4n) is 2.16. The van der Waals surface area contributed by atoms with E-state index in [-0.39, 0.29) is 0 Å². The second-order valence-electron chi connectivity index (χ2n) is 4.89. The van der Waals surface area contributed by atoms with Gasteiger partial charge in [0.2, 0.25) is 0 Å². The molecule has 0 radical (unpaired) electrons. The molecular formula is C14H29NO2. The highest BCUT2D eigenvalue weighted by molar-refractivity contribution is 5.78. The molecule has 0 saturated carbocycles. The zero-order valence-corrected chi connectivity index (χ0v) is 11.9. The molecule has 0 aliphatic heterocycles. The van der Waals surface area contributed by atoms with Crippen LogP contribution < -0.4 is 5.32 Å². The Morgan fingerprint density at radius 1 is 1.24 bits per heavy atom. The molecule has 0 aromatic rings. The van der Waals surface area contributed by atoms with Gasteiger partial charge in [-0.1, -0.05) is 47.0 Å². The summed E-state index contributed by atoms with van der Waals surface area (Å²) in [6.07, 6.45) is 6.05. The number of nitrogens with one attached hydrogen (secondary N) is 1. The van der Waals surface area contributed by atoms with Gasteiger partial charge in [-0.25, -0.2) is 0 Å². The van der Waals surface area contributed by atoms with Crippen LogP contribution >= 0.6 is 0 Å². The summed E-state index contributed by atoms with van der Waals surface area (Å²) in [5.74, 6) is -0.111. The molecular weight excluding hydrogens is 214 g/mol. The molecule has 0 aliphatic rings. The van der Waals surface area contributed by atoms with Crippen LogP contribution in [0.15, 0.2) is 0 Å². The molecule has 0 aromatic carbocycles. The Hall–Kier alpha value is -0.570. The summed E-state index contributed by atoms with van der Waals surface area (Å²) in [5.41, 5.74) is -0.723. The maximum absolute atomic E-state index is 11.3. The van der Waals surface area contributed by atoms with Crippen LogP contribution in [-0.4, -0.2) is 23.2 Å². The van der Waals surface area contributed by atoms with Crippen molar-refractivity contribution in [1.29, 1.82) is 0 Å². The van der Waals surface area contributed by atoms with Crippen molar-refractivity contribution in [2.24, 2.45) is 5.92 Å². The molecule has 0 aromatic heterocycles. The highest BCUT2D eigenvalue weighted by atomic mass is 16.4. The number of unbranched alkanes of at least 4 members (excludes halogenated alkanes) is 1. The molecule has 0 saturated heterocycles. The van der Waals surface area contributed by atoms with Gasteiger partial charge in [-0.15, -0.1) is 0 Å². The van der Waals surface area contributed by atoms with Gasteiger partial charge < -0.3 is 10.4 Å².